The monoisotopic (exact) mass is 251 g/mol. The number of sulfonamides is 1. The topological polar surface area (TPSA) is 66.4 Å². The Hall–Kier alpha value is -0.130. The second-order valence-corrected chi connectivity index (χ2v) is 6.61. The SMILES string of the molecule is CC(C)CCCC(C)NS(=O)(=O)CCCO. The normalized spacial score (nSPS) is 14.3. The van der Waals surface area contributed by atoms with E-state index in [0.717, 1.165) is 19.3 Å². The van der Waals surface area contributed by atoms with Crippen LogP contribution < -0.4 is 4.72 Å². The summed E-state index contributed by atoms with van der Waals surface area (Å²) in [5.74, 6) is 0.677. The zero-order chi connectivity index (χ0) is 12.6. The van der Waals surface area contributed by atoms with Crippen LogP contribution in [0.5, 0.6) is 0 Å². The molecule has 0 heterocycles. The van der Waals surface area contributed by atoms with E-state index in [0.29, 0.717) is 12.3 Å². The van der Waals surface area contributed by atoms with Gasteiger partial charge in [0.15, 0.2) is 0 Å². The van der Waals surface area contributed by atoms with E-state index in [1.165, 1.54) is 0 Å². The van der Waals surface area contributed by atoms with Crippen molar-refractivity contribution in [2.24, 2.45) is 5.92 Å². The van der Waals surface area contributed by atoms with E-state index < -0.39 is 10.0 Å². The Balaban J connectivity index is 3.81. The first-order chi connectivity index (χ1) is 7.37. The van der Waals surface area contributed by atoms with Crippen molar-refractivity contribution in [1.82, 2.24) is 4.72 Å². The molecule has 4 nitrogen and oxygen atoms in total. The fourth-order valence-electron chi connectivity index (χ4n) is 1.51. The Bertz CT molecular complexity index is 262. The van der Waals surface area contributed by atoms with Gasteiger partial charge in [0.05, 0.1) is 5.75 Å². The van der Waals surface area contributed by atoms with Gasteiger partial charge in [-0.2, -0.15) is 0 Å². The van der Waals surface area contributed by atoms with Gasteiger partial charge in [-0.1, -0.05) is 26.7 Å². The summed E-state index contributed by atoms with van der Waals surface area (Å²) >= 11 is 0. The van der Waals surface area contributed by atoms with Crippen molar-refractivity contribution in [2.45, 2.75) is 52.5 Å². The molecule has 1 atom stereocenters. The van der Waals surface area contributed by atoms with Crippen LogP contribution in [0.3, 0.4) is 0 Å². The Kier molecular flexibility index (Phi) is 7.97. The predicted octanol–water partition coefficient (Wildman–Crippen LogP) is 1.50. The molecule has 2 N–H and O–H groups in total. The fraction of sp³-hybridized carbons (Fsp3) is 1.00. The van der Waals surface area contributed by atoms with Crippen molar-refractivity contribution in [2.75, 3.05) is 12.4 Å². The molecule has 1 unspecified atom stereocenters. The Morgan fingerprint density at radius 3 is 2.25 bits per heavy atom. The first-order valence-electron chi connectivity index (χ1n) is 5.98. The second-order valence-electron chi connectivity index (χ2n) is 4.74. The van der Waals surface area contributed by atoms with Gasteiger partial charge in [0.2, 0.25) is 10.0 Å². The van der Waals surface area contributed by atoms with E-state index in [4.69, 9.17) is 5.11 Å². The van der Waals surface area contributed by atoms with E-state index in [-0.39, 0.29) is 18.4 Å². The van der Waals surface area contributed by atoms with E-state index in [1.807, 2.05) is 6.92 Å². The minimum absolute atomic E-state index is 0.0116. The molecule has 0 aliphatic heterocycles. The van der Waals surface area contributed by atoms with Gasteiger partial charge in [-0.05, 0) is 25.7 Å². The van der Waals surface area contributed by atoms with Crippen molar-refractivity contribution in [1.29, 1.82) is 0 Å². The van der Waals surface area contributed by atoms with E-state index in [1.54, 1.807) is 0 Å². The van der Waals surface area contributed by atoms with Crippen LogP contribution in [-0.4, -0.2) is 31.9 Å². The van der Waals surface area contributed by atoms with Gasteiger partial charge in [-0.3, -0.25) is 0 Å². The number of aliphatic hydroxyl groups is 1. The van der Waals surface area contributed by atoms with Crippen molar-refractivity contribution in [3.8, 4) is 0 Å². The molecular formula is C11H25NO3S. The summed E-state index contributed by atoms with van der Waals surface area (Å²) in [6, 6.07) is -0.0116. The lowest BCUT2D eigenvalue weighted by Crippen LogP contribution is -2.34. The number of nitrogens with one attached hydrogen (secondary N) is 1. The molecule has 5 heteroatoms. The van der Waals surface area contributed by atoms with Crippen LogP contribution >= 0.6 is 0 Å². The summed E-state index contributed by atoms with van der Waals surface area (Å²) in [7, 11) is -3.20. The van der Waals surface area contributed by atoms with Crippen LogP contribution in [0.4, 0.5) is 0 Å². The summed E-state index contributed by atoms with van der Waals surface area (Å²) in [4.78, 5) is 0. The van der Waals surface area contributed by atoms with Gasteiger partial charge in [-0.25, -0.2) is 13.1 Å². The molecule has 0 rings (SSSR count). The van der Waals surface area contributed by atoms with Crippen LogP contribution in [0.1, 0.15) is 46.5 Å². The van der Waals surface area contributed by atoms with Crippen molar-refractivity contribution in [3.05, 3.63) is 0 Å². The average molecular weight is 251 g/mol. The molecule has 0 aromatic rings. The first-order valence-corrected chi connectivity index (χ1v) is 7.63. The quantitative estimate of drug-likeness (QED) is 0.652. The maximum atomic E-state index is 11.5. The molecule has 0 spiro atoms. The van der Waals surface area contributed by atoms with Gasteiger partial charge in [0.25, 0.3) is 0 Å². The zero-order valence-corrected chi connectivity index (χ0v) is 11.4. The number of hydrogen-bond acceptors (Lipinski definition) is 3. The standard InChI is InChI=1S/C11H25NO3S/c1-10(2)6-4-7-11(3)12-16(14,15)9-5-8-13/h10-13H,4-9H2,1-3H3. The van der Waals surface area contributed by atoms with Gasteiger partial charge in [-0.15, -0.1) is 0 Å². The third-order valence-corrected chi connectivity index (χ3v) is 3.96. The van der Waals surface area contributed by atoms with E-state index in [9.17, 15) is 8.42 Å². The Labute approximate surface area is 99.5 Å². The molecule has 16 heavy (non-hydrogen) atoms. The van der Waals surface area contributed by atoms with E-state index in [2.05, 4.69) is 18.6 Å². The number of hydrogen-bond donors (Lipinski definition) is 2. The molecule has 0 bridgehead atoms. The van der Waals surface area contributed by atoms with Crippen LogP contribution in [0.2, 0.25) is 0 Å². The highest BCUT2D eigenvalue weighted by molar-refractivity contribution is 7.89. The van der Waals surface area contributed by atoms with Crippen LogP contribution in [0.25, 0.3) is 0 Å². The predicted molar refractivity (Wildman–Crippen MR) is 66.8 cm³/mol. The minimum atomic E-state index is -3.20. The average Bonchev–Trinajstić information content (AvgIpc) is 2.13. The highest BCUT2D eigenvalue weighted by atomic mass is 32.2. The molecule has 0 amide bonds. The maximum absolute atomic E-state index is 11.5. The van der Waals surface area contributed by atoms with Crippen molar-refractivity contribution < 1.29 is 13.5 Å². The summed E-state index contributed by atoms with van der Waals surface area (Å²) in [6.07, 6.45) is 3.34. The lowest BCUT2D eigenvalue weighted by atomic mass is 10.0. The van der Waals surface area contributed by atoms with Crippen LogP contribution in [-0.2, 0) is 10.0 Å². The highest BCUT2D eigenvalue weighted by Gasteiger charge is 2.13. The van der Waals surface area contributed by atoms with Crippen molar-refractivity contribution >= 4 is 10.0 Å². The van der Waals surface area contributed by atoms with Gasteiger partial charge < -0.3 is 5.11 Å². The van der Waals surface area contributed by atoms with Crippen molar-refractivity contribution in [3.63, 3.8) is 0 Å². The maximum Gasteiger partial charge on any atom is 0.211 e. The summed E-state index contributed by atoms with van der Waals surface area (Å²) in [6.45, 7) is 6.13. The molecule has 0 aromatic carbocycles. The summed E-state index contributed by atoms with van der Waals surface area (Å²) in [5.41, 5.74) is 0. The summed E-state index contributed by atoms with van der Waals surface area (Å²) < 4.78 is 25.6. The molecule has 0 aliphatic rings. The fourth-order valence-corrected chi connectivity index (χ4v) is 2.87. The molecule has 0 fully saturated rings. The molecule has 0 saturated carbocycles. The molecule has 0 aliphatic carbocycles. The Morgan fingerprint density at radius 2 is 1.75 bits per heavy atom. The second kappa shape index (κ2) is 8.03. The third-order valence-electron chi connectivity index (χ3n) is 2.37. The van der Waals surface area contributed by atoms with E-state index >= 15 is 0 Å². The first kappa shape index (κ1) is 15.9. The molecular weight excluding hydrogens is 226 g/mol. The van der Waals surface area contributed by atoms with Gasteiger partial charge in [0, 0.05) is 12.6 Å². The minimum Gasteiger partial charge on any atom is -0.396 e. The molecule has 0 radical (unpaired) electrons. The number of aliphatic hydroxyl groups excluding tert-OH is 1. The van der Waals surface area contributed by atoms with Crippen LogP contribution in [0, 0.1) is 5.92 Å². The van der Waals surface area contributed by atoms with Crippen LogP contribution in [0.15, 0.2) is 0 Å². The highest BCUT2D eigenvalue weighted by Crippen LogP contribution is 2.08. The Morgan fingerprint density at radius 1 is 1.12 bits per heavy atom. The molecule has 0 saturated heterocycles. The molecule has 0 aromatic heterocycles. The summed E-state index contributed by atoms with van der Waals surface area (Å²) in [5, 5.41) is 8.57. The largest absolute Gasteiger partial charge is 0.396 e. The number of rotatable bonds is 9. The lowest BCUT2D eigenvalue weighted by Gasteiger charge is -2.14. The zero-order valence-electron chi connectivity index (χ0n) is 10.6. The van der Waals surface area contributed by atoms with Gasteiger partial charge in [0.1, 0.15) is 0 Å². The van der Waals surface area contributed by atoms with Gasteiger partial charge >= 0.3 is 0 Å². The third kappa shape index (κ3) is 9.12. The molecule has 98 valence electrons. The lowest BCUT2D eigenvalue weighted by molar-refractivity contribution is 0.295. The smallest absolute Gasteiger partial charge is 0.211 e.